The first-order chi connectivity index (χ1) is 16.0. The van der Waals surface area contributed by atoms with Crippen molar-refractivity contribution >= 4 is 31.9 Å². The minimum absolute atomic E-state index is 0.535. The van der Waals surface area contributed by atoms with E-state index in [4.69, 9.17) is 14.2 Å². The summed E-state index contributed by atoms with van der Waals surface area (Å²) in [6.07, 6.45) is 0. The molecule has 0 radical (unpaired) electrons. The highest BCUT2D eigenvalue weighted by molar-refractivity contribution is 9.25. The van der Waals surface area contributed by atoms with Gasteiger partial charge in [-0.25, -0.2) is 0 Å². The standard InChI is InChI=1S/C28H24Br2O3/c1-31-25-23(20-15-9-5-10-16-20)22(19-13-7-4-8-14-19)24(26(32-2)27(25)33-3)28(29,30)21-17-11-6-12-18-21/h4-18H,1-3H3. The molecule has 0 amide bonds. The summed E-state index contributed by atoms with van der Waals surface area (Å²) in [4.78, 5) is 0. The first kappa shape index (κ1) is 23.4. The van der Waals surface area contributed by atoms with Crippen LogP contribution in [0.4, 0.5) is 0 Å². The van der Waals surface area contributed by atoms with Crippen molar-refractivity contribution in [1.29, 1.82) is 0 Å². The second-order valence-electron chi connectivity index (χ2n) is 7.40. The molecule has 0 heterocycles. The first-order valence-electron chi connectivity index (χ1n) is 10.4. The third kappa shape index (κ3) is 4.28. The maximum atomic E-state index is 6.01. The van der Waals surface area contributed by atoms with Gasteiger partial charge in [0, 0.05) is 16.7 Å². The summed E-state index contributed by atoms with van der Waals surface area (Å²) in [5.41, 5.74) is 5.86. The van der Waals surface area contributed by atoms with Crippen LogP contribution in [0.25, 0.3) is 22.3 Å². The fourth-order valence-electron chi connectivity index (χ4n) is 4.12. The molecule has 33 heavy (non-hydrogen) atoms. The molecule has 0 aliphatic rings. The number of alkyl halides is 2. The normalized spacial score (nSPS) is 11.2. The molecule has 4 aromatic carbocycles. The number of halogens is 2. The summed E-state index contributed by atoms with van der Waals surface area (Å²) >= 11 is 7.99. The van der Waals surface area contributed by atoms with Crippen LogP contribution < -0.4 is 14.2 Å². The Morgan fingerprint density at radius 3 is 1.39 bits per heavy atom. The van der Waals surface area contributed by atoms with Crippen LogP contribution in [-0.4, -0.2) is 21.3 Å². The van der Waals surface area contributed by atoms with Crippen molar-refractivity contribution in [2.45, 2.75) is 3.23 Å². The average molecular weight is 568 g/mol. The Hall–Kier alpha value is -2.76. The molecule has 3 nitrogen and oxygen atoms in total. The lowest BCUT2D eigenvalue weighted by atomic mass is 9.86. The molecular weight excluding hydrogens is 544 g/mol. The molecule has 4 aromatic rings. The van der Waals surface area contributed by atoms with E-state index in [-0.39, 0.29) is 0 Å². The van der Waals surface area contributed by atoms with E-state index in [1.165, 1.54) is 0 Å². The molecule has 0 spiro atoms. The number of methoxy groups -OCH3 is 3. The zero-order chi connectivity index (χ0) is 23.4. The topological polar surface area (TPSA) is 27.7 Å². The van der Waals surface area contributed by atoms with E-state index in [1.807, 2.05) is 54.6 Å². The quantitative estimate of drug-likeness (QED) is 0.211. The molecule has 0 saturated heterocycles. The lowest BCUT2D eigenvalue weighted by Crippen LogP contribution is -2.16. The predicted octanol–water partition coefficient (Wildman–Crippen LogP) is 8.04. The Balaban J connectivity index is 2.24. The van der Waals surface area contributed by atoms with Crippen molar-refractivity contribution in [2.24, 2.45) is 0 Å². The van der Waals surface area contributed by atoms with Crippen LogP contribution in [0.2, 0.25) is 0 Å². The highest BCUT2D eigenvalue weighted by Crippen LogP contribution is 2.60. The van der Waals surface area contributed by atoms with Gasteiger partial charge < -0.3 is 14.2 Å². The van der Waals surface area contributed by atoms with Crippen molar-refractivity contribution < 1.29 is 14.2 Å². The summed E-state index contributed by atoms with van der Waals surface area (Å²) in [6, 6.07) is 30.6. The smallest absolute Gasteiger partial charge is 0.204 e. The van der Waals surface area contributed by atoms with Crippen molar-refractivity contribution in [3.63, 3.8) is 0 Å². The van der Waals surface area contributed by atoms with E-state index in [1.54, 1.807) is 21.3 Å². The molecule has 0 unspecified atom stereocenters. The van der Waals surface area contributed by atoms with Gasteiger partial charge in [-0.1, -0.05) is 123 Å². The Labute approximate surface area is 211 Å². The van der Waals surface area contributed by atoms with Gasteiger partial charge >= 0.3 is 0 Å². The van der Waals surface area contributed by atoms with Crippen molar-refractivity contribution in [2.75, 3.05) is 21.3 Å². The molecule has 0 bridgehead atoms. The van der Waals surface area contributed by atoms with E-state index in [2.05, 4.69) is 68.3 Å². The highest BCUT2D eigenvalue weighted by Gasteiger charge is 2.39. The SMILES string of the molecule is COc1c(OC)c(-c2ccccc2)c(-c2ccccc2)c(C(Br)(Br)c2ccccc2)c1OC. The number of benzene rings is 4. The van der Waals surface area contributed by atoms with E-state index in [0.717, 1.165) is 33.4 Å². The van der Waals surface area contributed by atoms with Gasteiger partial charge in [-0.3, -0.25) is 0 Å². The Bertz CT molecular complexity index is 1220. The molecule has 168 valence electrons. The van der Waals surface area contributed by atoms with Gasteiger partial charge in [0.1, 0.15) is 3.23 Å². The molecule has 5 heteroatoms. The Kier molecular flexibility index (Phi) is 7.11. The van der Waals surface area contributed by atoms with Gasteiger partial charge in [-0.15, -0.1) is 0 Å². The summed E-state index contributed by atoms with van der Waals surface area (Å²) in [6.45, 7) is 0. The zero-order valence-corrected chi connectivity index (χ0v) is 21.8. The Morgan fingerprint density at radius 2 is 0.939 bits per heavy atom. The summed E-state index contributed by atoms with van der Waals surface area (Å²) in [5.74, 6) is 1.74. The van der Waals surface area contributed by atoms with E-state index in [9.17, 15) is 0 Å². The number of ether oxygens (including phenoxy) is 3. The molecule has 0 atom stereocenters. The van der Waals surface area contributed by atoms with Crippen LogP contribution in [0.5, 0.6) is 17.2 Å². The predicted molar refractivity (Wildman–Crippen MR) is 142 cm³/mol. The van der Waals surface area contributed by atoms with Crippen LogP contribution in [0.1, 0.15) is 11.1 Å². The minimum Gasteiger partial charge on any atom is -0.492 e. The van der Waals surface area contributed by atoms with Gasteiger partial charge in [-0.2, -0.15) is 0 Å². The van der Waals surface area contributed by atoms with Crippen LogP contribution in [0.15, 0.2) is 91.0 Å². The number of hydrogen-bond donors (Lipinski definition) is 0. The lowest BCUT2D eigenvalue weighted by molar-refractivity contribution is 0.323. The zero-order valence-electron chi connectivity index (χ0n) is 18.6. The fourth-order valence-corrected chi connectivity index (χ4v) is 5.41. The number of hydrogen-bond acceptors (Lipinski definition) is 3. The summed E-state index contributed by atoms with van der Waals surface area (Å²) < 4.78 is 17.1. The molecule has 0 aliphatic carbocycles. The molecule has 0 N–H and O–H groups in total. The van der Waals surface area contributed by atoms with Crippen LogP contribution in [0, 0.1) is 0 Å². The third-order valence-electron chi connectivity index (χ3n) is 5.55. The van der Waals surface area contributed by atoms with Gasteiger partial charge in [0.2, 0.25) is 5.75 Å². The van der Waals surface area contributed by atoms with E-state index in [0.29, 0.717) is 17.2 Å². The van der Waals surface area contributed by atoms with E-state index < -0.39 is 3.23 Å². The van der Waals surface area contributed by atoms with Crippen LogP contribution >= 0.6 is 31.9 Å². The largest absolute Gasteiger partial charge is 0.492 e. The van der Waals surface area contributed by atoms with Gasteiger partial charge in [0.25, 0.3) is 0 Å². The maximum absolute atomic E-state index is 6.01. The van der Waals surface area contributed by atoms with Gasteiger partial charge in [-0.05, 0) is 16.7 Å². The fraction of sp³-hybridized carbons (Fsp3) is 0.143. The second kappa shape index (κ2) is 10.0. The van der Waals surface area contributed by atoms with Crippen molar-refractivity contribution in [1.82, 2.24) is 0 Å². The Morgan fingerprint density at radius 1 is 0.515 bits per heavy atom. The average Bonchev–Trinajstić information content (AvgIpc) is 2.88. The summed E-state index contributed by atoms with van der Waals surface area (Å²) in [5, 5.41) is 0. The minimum atomic E-state index is -0.763. The second-order valence-corrected chi connectivity index (χ2v) is 10.8. The van der Waals surface area contributed by atoms with Crippen LogP contribution in [-0.2, 0) is 3.23 Å². The molecule has 0 aliphatic heterocycles. The number of rotatable bonds is 7. The van der Waals surface area contributed by atoms with Crippen LogP contribution in [0.3, 0.4) is 0 Å². The maximum Gasteiger partial charge on any atom is 0.204 e. The van der Waals surface area contributed by atoms with Gasteiger partial charge in [0.15, 0.2) is 11.5 Å². The molecule has 4 rings (SSSR count). The highest BCUT2D eigenvalue weighted by atomic mass is 79.9. The molecule has 0 aromatic heterocycles. The molecular formula is C28H24Br2O3. The molecule has 0 fully saturated rings. The van der Waals surface area contributed by atoms with Gasteiger partial charge in [0.05, 0.1) is 21.3 Å². The summed E-state index contributed by atoms with van der Waals surface area (Å²) in [7, 11) is 4.94. The first-order valence-corrected chi connectivity index (χ1v) is 12.0. The van der Waals surface area contributed by atoms with E-state index >= 15 is 0 Å². The van der Waals surface area contributed by atoms with Crippen molar-refractivity contribution in [3.8, 4) is 39.5 Å². The monoisotopic (exact) mass is 566 g/mol. The third-order valence-corrected chi connectivity index (χ3v) is 7.26. The molecule has 0 saturated carbocycles. The lowest BCUT2D eigenvalue weighted by Gasteiger charge is -2.31. The van der Waals surface area contributed by atoms with Crippen molar-refractivity contribution in [3.05, 3.63) is 102 Å².